The van der Waals surface area contributed by atoms with Crippen molar-refractivity contribution in [3.63, 3.8) is 0 Å². The molecule has 8 heteroatoms. The predicted octanol–water partition coefficient (Wildman–Crippen LogP) is 4.47. The average molecular weight is 421 g/mol. The molecule has 0 saturated carbocycles. The molecule has 0 radical (unpaired) electrons. The minimum Gasteiger partial charge on any atom is -0.321 e. The van der Waals surface area contributed by atoms with Gasteiger partial charge in [0.15, 0.2) is 0 Å². The van der Waals surface area contributed by atoms with Crippen molar-refractivity contribution in [3.05, 3.63) is 81.5 Å². The van der Waals surface area contributed by atoms with Crippen molar-refractivity contribution in [3.8, 4) is 0 Å². The number of anilines is 1. The van der Waals surface area contributed by atoms with Gasteiger partial charge in [-0.2, -0.15) is 4.31 Å². The highest BCUT2D eigenvalue weighted by Crippen LogP contribution is 2.23. The normalized spacial score (nSPS) is 11.5. The molecule has 3 aromatic rings. The van der Waals surface area contributed by atoms with Gasteiger partial charge in [-0.05, 0) is 42.0 Å². The topological polar surface area (TPSA) is 66.5 Å². The summed E-state index contributed by atoms with van der Waals surface area (Å²) in [7, 11) is -2.09. The van der Waals surface area contributed by atoms with Crippen molar-refractivity contribution in [2.24, 2.45) is 0 Å². The molecule has 1 heterocycles. The molecule has 0 atom stereocenters. The molecule has 0 aliphatic rings. The predicted molar refractivity (Wildman–Crippen MR) is 109 cm³/mol. The Kier molecular flexibility index (Phi) is 5.96. The van der Waals surface area contributed by atoms with Crippen LogP contribution in [0.3, 0.4) is 0 Å². The molecule has 1 aromatic heterocycles. The lowest BCUT2D eigenvalue weighted by Crippen LogP contribution is -2.26. The molecule has 0 unspecified atom stereocenters. The first-order valence-corrected chi connectivity index (χ1v) is 10.7. The lowest BCUT2D eigenvalue weighted by molar-refractivity contribution is 0.103. The van der Waals surface area contributed by atoms with Gasteiger partial charge in [0.05, 0.1) is 14.1 Å². The van der Waals surface area contributed by atoms with E-state index in [4.69, 9.17) is 11.6 Å². The van der Waals surface area contributed by atoms with E-state index in [-0.39, 0.29) is 17.3 Å². The molecule has 27 heavy (non-hydrogen) atoms. The molecule has 0 aliphatic carbocycles. The lowest BCUT2D eigenvalue weighted by Gasteiger charge is -2.17. The Balaban J connectivity index is 1.71. The van der Waals surface area contributed by atoms with Crippen LogP contribution in [0.25, 0.3) is 0 Å². The Morgan fingerprint density at radius 1 is 1.04 bits per heavy atom. The summed E-state index contributed by atoms with van der Waals surface area (Å²) in [4.78, 5) is 12.8. The van der Waals surface area contributed by atoms with Crippen molar-refractivity contribution in [2.45, 2.75) is 11.4 Å². The third-order valence-electron chi connectivity index (χ3n) is 3.87. The first-order valence-electron chi connectivity index (χ1n) is 8.03. The molecule has 0 spiro atoms. The van der Waals surface area contributed by atoms with Crippen LogP contribution in [-0.2, 0) is 16.6 Å². The SMILES string of the molecule is CN(Cc1ccccc1)S(=O)(=O)c1ccc(NC(=O)c2ccc(Cl)s2)cc1. The summed E-state index contributed by atoms with van der Waals surface area (Å²) < 4.78 is 27.3. The Morgan fingerprint density at radius 2 is 1.70 bits per heavy atom. The molecular formula is C19H17ClN2O3S2. The lowest BCUT2D eigenvalue weighted by atomic mass is 10.2. The van der Waals surface area contributed by atoms with Crippen LogP contribution < -0.4 is 5.32 Å². The van der Waals surface area contributed by atoms with E-state index in [2.05, 4.69) is 5.32 Å². The number of thiophene rings is 1. The Bertz CT molecular complexity index is 1030. The molecule has 1 N–H and O–H groups in total. The van der Waals surface area contributed by atoms with Crippen LogP contribution >= 0.6 is 22.9 Å². The van der Waals surface area contributed by atoms with Crippen LogP contribution in [-0.4, -0.2) is 25.7 Å². The van der Waals surface area contributed by atoms with Gasteiger partial charge in [-0.3, -0.25) is 4.79 Å². The standard InChI is InChI=1S/C19H17ClN2O3S2/c1-22(13-14-5-3-2-4-6-14)27(24,25)16-9-7-15(8-10-16)21-19(23)17-11-12-18(20)26-17/h2-12H,13H2,1H3,(H,21,23). The number of hydrogen-bond acceptors (Lipinski definition) is 4. The number of carbonyl (C=O) groups is 1. The largest absolute Gasteiger partial charge is 0.321 e. The maximum Gasteiger partial charge on any atom is 0.265 e. The van der Waals surface area contributed by atoms with Gasteiger partial charge in [0.25, 0.3) is 5.91 Å². The number of nitrogens with zero attached hydrogens (tertiary/aromatic N) is 1. The highest BCUT2D eigenvalue weighted by molar-refractivity contribution is 7.89. The van der Waals surface area contributed by atoms with E-state index in [1.54, 1.807) is 31.3 Å². The molecule has 5 nitrogen and oxygen atoms in total. The van der Waals surface area contributed by atoms with Crippen molar-refractivity contribution in [1.29, 1.82) is 0 Å². The number of halogens is 1. The van der Waals surface area contributed by atoms with Crippen molar-refractivity contribution < 1.29 is 13.2 Å². The fraction of sp³-hybridized carbons (Fsp3) is 0.105. The van der Waals surface area contributed by atoms with Gasteiger partial charge in [0, 0.05) is 19.3 Å². The smallest absolute Gasteiger partial charge is 0.265 e. The van der Waals surface area contributed by atoms with Crippen molar-refractivity contribution in [2.75, 3.05) is 12.4 Å². The summed E-state index contributed by atoms with van der Waals surface area (Å²) in [5.41, 5.74) is 1.41. The average Bonchev–Trinajstić information content (AvgIpc) is 3.09. The summed E-state index contributed by atoms with van der Waals surface area (Å²) in [5, 5.41) is 2.72. The van der Waals surface area contributed by atoms with Crippen LogP contribution in [0.2, 0.25) is 4.34 Å². The minimum absolute atomic E-state index is 0.165. The van der Waals surface area contributed by atoms with E-state index < -0.39 is 10.0 Å². The van der Waals surface area contributed by atoms with Crippen LogP contribution in [0.1, 0.15) is 15.2 Å². The molecule has 0 aliphatic heterocycles. The zero-order valence-electron chi connectivity index (χ0n) is 14.4. The van der Waals surface area contributed by atoms with Gasteiger partial charge >= 0.3 is 0 Å². The fourth-order valence-electron chi connectivity index (χ4n) is 2.44. The zero-order valence-corrected chi connectivity index (χ0v) is 16.8. The van der Waals surface area contributed by atoms with Crippen molar-refractivity contribution >= 4 is 44.6 Å². The van der Waals surface area contributed by atoms with E-state index >= 15 is 0 Å². The van der Waals surface area contributed by atoms with E-state index in [9.17, 15) is 13.2 Å². The molecule has 0 bridgehead atoms. The van der Waals surface area contributed by atoms with Crippen LogP contribution in [0, 0.1) is 0 Å². The fourth-order valence-corrected chi connectivity index (χ4v) is 4.54. The maximum absolute atomic E-state index is 12.7. The highest BCUT2D eigenvalue weighted by Gasteiger charge is 2.21. The molecule has 140 valence electrons. The second kappa shape index (κ2) is 8.22. The number of carbonyl (C=O) groups excluding carboxylic acids is 1. The van der Waals surface area contributed by atoms with Gasteiger partial charge < -0.3 is 5.32 Å². The third kappa shape index (κ3) is 4.75. The zero-order chi connectivity index (χ0) is 19.4. The first kappa shape index (κ1) is 19.6. The van der Waals surface area contributed by atoms with E-state index in [1.807, 2.05) is 30.3 Å². The van der Waals surface area contributed by atoms with Crippen LogP contribution in [0.15, 0.2) is 71.6 Å². The number of hydrogen-bond donors (Lipinski definition) is 1. The Hall–Kier alpha value is -2.19. The minimum atomic E-state index is -3.63. The van der Waals surface area contributed by atoms with E-state index in [0.29, 0.717) is 14.9 Å². The van der Waals surface area contributed by atoms with E-state index in [0.717, 1.165) is 5.56 Å². The van der Waals surface area contributed by atoms with Crippen LogP contribution in [0.5, 0.6) is 0 Å². The summed E-state index contributed by atoms with van der Waals surface area (Å²) in [6.45, 7) is 0.279. The number of nitrogens with one attached hydrogen (secondary N) is 1. The van der Waals surface area contributed by atoms with Crippen molar-refractivity contribution in [1.82, 2.24) is 4.31 Å². The molecule has 0 fully saturated rings. The first-order chi connectivity index (χ1) is 12.9. The van der Waals surface area contributed by atoms with Gasteiger partial charge in [-0.1, -0.05) is 41.9 Å². The summed E-state index contributed by atoms with van der Waals surface area (Å²) in [5.74, 6) is -0.288. The van der Waals surface area contributed by atoms with E-state index in [1.165, 1.54) is 27.8 Å². The number of rotatable bonds is 6. The van der Waals surface area contributed by atoms with Gasteiger partial charge in [-0.25, -0.2) is 8.42 Å². The highest BCUT2D eigenvalue weighted by atomic mass is 35.5. The van der Waals surface area contributed by atoms with Gasteiger partial charge in [0.2, 0.25) is 10.0 Å². The number of amides is 1. The molecular weight excluding hydrogens is 404 g/mol. The summed E-state index contributed by atoms with van der Waals surface area (Å²) in [6, 6.07) is 18.8. The monoisotopic (exact) mass is 420 g/mol. The second-order valence-electron chi connectivity index (χ2n) is 5.83. The Morgan fingerprint density at radius 3 is 2.30 bits per heavy atom. The second-order valence-corrected chi connectivity index (χ2v) is 9.59. The van der Waals surface area contributed by atoms with Gasteiger partial charge in [-0.15, -0.1) is 11.3 Å². The molecule has 0 saturated heterocycles. The molecule has 1 amide bonds. The summed E-state index contributed by atoms with van der Waals surface area (Å²) in [6.07, 6.45) is 0. The third-order valence-corrected chi connectivity index (χ3v) is 6.91. The molecule has 2 aromatic carbocycles. The van der Waals surface area contributed by atoms with Crippen LogP contribution in [0.4, 0.5) is 5.69 Å². The summed E-state index contributed by atoms with van der Waals surface area (Å²) >= 11 is 7.01. The maximum atomic E-state index is 12.7. The number of benzene rings is 2. The van der Waals surface area contributed by atoms with Gasteiger partial charge in [0.1, 0.15) is 0 Å². The Labute approximate surface area is 167 Å². The quantitative estimate of drug-likeness (QED) is 0.639. The number of sulfonamides is 1. The molecule has 3 rings (SSSR count).